The number of anilines is 1. The molecule has 0 atom stereocenters. The molecule has 1 aliphatic rings. The van der Waals surface area contributed by atoms with Crippen molar-refractivity contribution in [1.82, 2.24) is 9.97 Å². The summed E-state index contributed by atoms with van der Waals surface area (Å²) < 4.78 is 0. The van der Waals surface area contributed by atoms with Gasteiger partial charge in [-0.25, -0.2) is 0 Å². The lowest BCUT2D eigenvalue weighted by atomic mass is 10.1. The molecule has 0 spiro atoms. The Labute approximate surface area is 88.2 Å². The summed E-state index contributed by atoms with van der Waals surface area (Å²) in [5.41, 5.74) is 4.68. The highest BCUT2D eigenvalue weighted by Crippen LogP contribution is 2.25. The molecule has 1 aliphatic heterocycles. The van der Waals surface area contributed by atoms with E-state index in [1.807, 2.05) is 18.3 Å². The normalized spacial score (nSPS) is 13.3. The van der Waals surface area contributed by atoms with E-state index >= 15 is 0 Å². The monoisotopic (exact) mass is 197 g/mol. The van der Waals surface area contributed by atoms with Gasteiger partial charge in [0.25, 0.3) is 0 Å². The van der Waals surface area contributed by atoms with E-state index in [-0.39, 0.29) is 0 Å². The topological polar surface area (TPSA) is 37.8 Å². The minimum Gasteiger partial charge on any atom is -0.383 e. The average molecular weight is 197 g/mol. The Morgan fingerprint density at radius 3 is 2.93 bits per heavy atom. The van der Waals surface area contributed by atoms with Crippen LogP contribution < -0.4 is 5.32 Å². The van der Waals surface area contributed by atoms with Crippen molar-refractivity contribution in [1.29, 1.82) is 0 Å². The van der Waals surface area contributed by atoms with Gasteiger partial charge in [-0.1, -0.05) is 0 Å². The minimum absolute atomic E-state index is 1.02. The van der Waals surface area contributed by atoms with E-state index in [4.69, 9.17) is 0 Å². The van der Waals surface area contributed by atoms with Crippen molar-refractivity contribution < 1.29 is 0 Å². The van der Waals surface area contributed by atoms with E-state index in [0.29, 0.717) is 0 Å². The minimum atomic E-state index is 1.02. The molecule has 2 aromatic heterocycles. The molecule has 0 saturated heterocycles. The summed E-state index contributed by atoms with van der Waals surface area (Å²) in [6.45, 7) is 1.02. The van der Waals surface area contributed by atoms with Gasteiger partial charge in [-0.15, -0.1) is 0 Å². The van der Waals surface area contributed by atoms with E-state index < -0.39 is 0 Å². The summed E-state index contributed by atoms with van der Waals surface area (Å²) in [4.78, 5) is 8.43. The molecule has 3 rings (SSSR count). The fourth-order valence-corrected chi connectivity index (χ4v) is 1.88. The molecule has 2 aromatic rings. The van der Waals surface area contributed by atoms with Gasteiger partial charge in [-0.3, -0.25) is 9.97 Å². The van der Waals surface area contributed by atoms with Crippen molar-refractivity contribution in [2.45, 2.75) is 6.42 Å². The number of aromatic nitrogens is 2. The van der Waals surface area contributed by atoms with Crippen molar-refractivity contribution in [2.75, 3.05) is 11.9 Å². The van der Waals surface area contributed by atoms with E-state index in [9.17, 15) is 0 Å². The molecule has 15 heavy (non-hydrogen) atoms. The number of pyridine rings is 2. The Morgan fingerprint density at radius 1 is 1.20 bits per heavy atom. The van der Waals surface area contributed by atoms with Crippen LogP contribution in [0.2, 0.25) is 0 Å². The summed E-state index contributed by atoms with van der Waals surface area (Å²) in [7, 11) is 0. The Balaban J connectivity index is 2.07. The van der Waals surface area contributed by atoms with Crippen molar-refractivity contribution in [3.63, 3.8) is 0 Å². The molecule has 0 radical (unpaired) electrons. The first-order valence-corrected chi connectivity index (χ1v) is 5.07. The fraction of sp³-hybridized carbons (Fsp3) is 0.167. The number of rotatable bonds is 1. The Morgan fingerprint density at radius 2 is 2.07 bits per heavy atom. The van der Waals surface area contributed by atoms with Crippen LogP contribution in [0.15, 0.2) is 36.8 Å². The third-order valence-corrected chi connectivity index (χ3v) is 2.68. The SMILES string of the molecule is c1cc(-c2cc3c(cn2)NCC3)ccn1. The molecular weight excluding hydrogens is 186 g/mol. The standard InChI is InChI=1S/C12H11N3/c1-4-13-5-2-9(1)11-7-10-3-6-14-12(10)8-15-11/h1-2,4-5,7-8,14H,3,6H2. The first-order valence-electron chi connectivity index (χ1n) is 5.07. The molecule has 0 aliphatic carbocycles. The zero-order valence-corrected chi connectivity index (χ0v) is 8.27. The van der Waals surface area contributed by atoms with Crippen molar-refractivity contribution in [2.24, 2.45) is 0 Å². The van der Waals surface area contributed by atoms with E-state index in [1.54, 1.807) is 12.4 Å². The summed E-state index contributed by atoms with van der Waals surface area (Å²) in [6.07, 6.45) is 6.60. The van der Waals surface area contributed by atoms with Gasteiger partial charge < -0.3 is 5.32 Å². The molecule has 0 saturated carbocycles. The second-order valence-corrected chi connectivity index (χ2v) is 3.64. The predicted octanol–water partition coefficient (Wildman–Crippen LogP) is 2.11. The Kier molecular flexibility index (Phi) is 1.88. The van der Waals surface area contributed by atoms with Gasteiger partial charge in [0.05, 0.1) is 17.6 Å². The first kappa shape index (κ1) is 8.41. The van der Waals surface area contributed by atoms with E-state index in [1.165, 1.54) is 11.3 Å². The molecule has 0 amide bonds. The molecular formula is C12H11N3. The van der Waals surface area contributed by atoms with Crippen molar-refractivity contribution in [3.05, 3.63) is 42.4 Å². The molecule has 3 heterocycles. The van der Waals surface area contributed by atoms with Crippen LogP contribution in [0.4, 0.5) is 5.69 Å². The van der Waals surface area contributed by atoms with Gasteiger partial charge in [0.2, 0.25) is 0 Å². The van der Waals surface area contributed by atoms with Crippen LogP contribution in [0.25, 0.3) is 11.3 Å². The lowest BCUT2D eigenvalue weighted by molar-refractivity contribution is 1.10. The fourth-order valence-electron chi connectivity index (χ4n) is 1.88. The summed E-state index contributed by atoms with van der Waals surface area (Å²) in [6, 6.07) is 6.12. The van der Waals surface area contributed by atoms with Gasteiger partial charge >= 0.3 is 0 Å². The largest absolute Gasteiger partial charge is 0.383 e. The highest BCUT2D eigenvalue weighted by Gasteiger charge is 2.11. The van der Waals surface area contributed by atoms with Gasteiger partial charge in [0.1, 0.15) is 0 Å². The Hall–Kier alpha value is -1.90. The highest BCUT2D eigenvalue weighted by atomic mass is 14.9. The van der Waals surface area contributed by atoms with Crippen LogP contribution in [-0.4, -0.2) is 16.5 Å². The number of nitrogens with zero attached hydrogens (tertiary/aromatic N) is 2. The Bertz CT molecular complexity index is 479. The van der Waals surface area contributed by atoms with Gasteiger partial charge in [0.15, 0.2) is 0 Å². The summed E-state index contributed by atoms with van der Waals surface area (Å²) >= 11 is 0. The van der Waals surface area contributed by atoms with Crippen LogP contribution >= 0.6 is 0 Å². The lowest BCUT2D eigenvalue weighted by Crippen LogP contribution is -1.91. The number of hydrogen-bond acceptors (Lipinski definition) is 3. The molecule has 0 bridgehead atoms. The van der Waals surface area contributed by atoms with Crippen LogP contribution in [0, 0.1) is 0 Å². The van der Waals surface area contributed by atoms with Gasteiger partial charge in [-0.05, 0) is 30.2 Å². The second kappa shape index (κ2) is 3.35. The molecule has 0 aromatic carbocycles. The molecule has 1 N–H and O–H groups in total. The zero-order chi connectivity index (χ0) is 10.1. The first-order chi connectivity index (χ1) is 7.43. The van der Waals surface area contributed by atoms with Crippen molar-refractivity contribution >= 4 is 5.69 Å². The molecule has 3 heteroatoms. The van der Waals surface area contributed by atoms with Crippen LogP contribution in [-0.2, 0) is 6.42 Å². The average Bonchev–Trinajstić information content (AvgIpc) is 2.77. The smallest absolute Gasteiger partial charge is 0.0707 e. The quantitative estimate of drug-likeness (QED) is 0.760. The number of nitrogens with one attached hydrogen (secondary N) is 1. The van der Waals surface area contributed by atoms with Crippen molar-refractivity contribution in [3.8, 4) is 11.3 Å². The third kappa shape index (κ3) is 1.46. The van der Waals surface area contributed by atoms with Gasteiger partial charge in [0, 0.05) is 24.5 Å². The van der Waals surface area contributed by atoms with Crippen LogP contribution in [0.3, 0.4) is 0 Å². The number of fused-ring (bicyclic) bond motifs is 1. The zero-order valence-electron chi connectivity index (χ0n) is 8.27. The molecule has 0 unspecified atom stereocenters. The maximum Gasteiger partial charge on any atom is 0.0707 e. The maximum absolute atomic E-state index is 4.43. The second-order valence-electron chi connectivity index (χ2n) is 3.64. The summed E-state index contributed by atoms with van der Waals surface area (Å²) in [5, 5.41) is 3.30. The molecule has 3 nitrogen and oxygen atoms in total. The van der Waals surface area contributed by atoms with Crippen LogP contribution in [0.5, 0.6) is 0 Å². The summed E-state index contributed by atoms with van der Waals surface area (Å²) in [5.74, 6) is 0. The lowest BCUT2D eigenvalue weighted by Gasteiger charge is -2.03. The predicted molar refractivity (Wildman–Crippen MR) is 59.7 cm³/mol. The number of hydrogen-bond donors (Lipinski definition) is 1. The molecule has 74 valence electrons. The highest BCUT2D eigenvalue weighted by molar-refractivity contribution is 5.64. The third-order valence-electron chi connectivity index (χ3n) is 2.68. The maximum atomic E-state index is 4.43. The van der Waals surface area contributed by atoms with E-state index in [2.05, 4.69) is 21.4 Å². The van der Waals surface area contributed by atoms with Gasteiger partial charge in [-0.2, -0.15) is 0 Å². The van der Waals surface area contributed by atoms with E-state index in [0.717, 1.165) is 24.2 Å². The molecule has 0 fully saturated rings. The van der Waals surface area contributed by atoms with Crippen LogP contribution in [0.1, 0.15) is 5.56 Å².